The number of aliphatic hydroxyl groups is 2. The Morgan fingerprint density at radius 3 is 2.70 bits per heavy atom. The first-order valence-corrected chi connectivity index (χ1v) is 9.67. The number of aliphatic carboxylic acids is 1. The zero-order valence-corrected chi connectivity index (χ0v) is 15.9. The molecule has 0 aromatic heterocycles. The first-order chi connectivity index (χ1) is 12.9. The van der Waals surface area contributed by atoms with Gasteiger partial charge in [0.2, 0.25) is 0 Å². The Morgan fingerprint density at radius 1 is 1.30 bits per heavy atom. The smallest absolute Gasteiger partial charge is 0.332 e. The van der Waals surface area contributed by atoms with E-state index >= 15 is 0 Å². The van der Waals surface area contributed by atoms with Gasteiger partial charge in [-0.2, -0.15) is 0 Å². The van der Waals surface area contributed by atoms with Crippen molar-refractivity contribution in [2.45, 2.75) is 70.5 Å². The number of carbonyl (C=O) groups is 2. The van der Waals surface area contributed by atoms with Crippen molar-refractivity contribution in [1.82, 2.24) is 0 Å². The lowest BCUT2D eigenvalue weighted by Gasteiger charge is -2.13. The van der Waals surface area contributed by atoms with Crippen molar-refractivity contribution in [1.29, 1.82) is 0 Å². The number of aliphatic hydroxyl groups excluding tert-OH is 2. The van der Waals surface area contributed by atoms with Gasteiger partial charge in [-0.1, -0.05) is 37.6 Å². The van der Waals surface area contributed by atoms with Crippen molar-refractivity contribution in [2.24, 2.45) is 11.8 Å². The molecule has 1 fully saturated rings. The molecule has 0 spiro atoms. The molecule has 0 aromatic rings. The van der Waals surface area contributed by atoms with Gasteiger partial charge in [0.15, 0.2) is 6.10 Å². The van der Waals surface area contributed by atoms with Crippen LogP contribution in [0.5, 0.6) is 0 Å². The maximum absolute atomic E-state index is 13.8. The number of hydrogen-bond acceptors (Lipinski definition) is 4. The van der Waals surface area contributed by atoms with Crippen LogP contribution in [-0.2, 0) is 9.59 Å². The van der Waals surface area contributed by atoms with Crippen LogP contribution >= 0.6 is 0 Å². The number of ketones is 1. The number of rotatable bonds is 12. The highest BCUT2D eigenvalue weighted by atomic mass is 19.1. The molecular formula is C21H31FO5. The Morgan fingerprint density at radius 2 is 2.04 bits per heavy atom. The van der Waals surface area contributed by atoms with E-state index < -0.39 is 24.0 Å². The molecule has 1 saturated carbocycles. The second-order valence-electron chi connectivity index (χ2n) is 6.97. The van der Waals surface area contributed by atoms with Gasteiger partial charge in [-0.25, -0.2) is 9.18 Å². The molecular weight excluding hydrogens is 351 g/mol. The lowest BCUT2D eigenvalue weighted by molar-refractivity contribution is -0.146. The van der Waals surface area contributed by atoms with Crippen LogP contribution in [-0.4, -0.2) is 39.3 Å². The Bertz CT molecular complexity index is 567. The molecule has 0 saturated heterocycles. The number of carboxylic acid groups (broad SMARTS) is 1. The van der Waals surface area contributed by atoms with Gasteiger partial charge in [0, 0.05) is 12.3 Å². The van der Waals surface area contributed by atoms with E-state index in [2.05, 4.69) is 0 Å². The van der Waals surface area contributed by atoms with Crippen LogP contribution in [0.15, 0.2) is 36.2 Å². The monoisotopic (exact) mass is 382 g/mol. The van der Waals surface area contributed by atoms with Gasteiger partial charge in [0.1, 0.15) is 17.7 Å². The van der Waals surface area contributed by atoms with E-state index in [0.29, 0.717) is 32.1 Å². The van der Waals surface area contributed by atoms with E-state index in [1.165, 1.54) is 12.2 Å². The van der Waals surface area contributed by atoms with Gasteiger partial charge in [-0.3, -0.25) is 4.79 Å². The first-order valence-electron chi connectivity index (χ1n) is 9.67. The zero-order valence-electron chi connectivity index (χ0n) is 15.9. The first kappa shape index (κ1) is 23.2. The topological polar surface area (TPSA) is 94.8 Å². The fraction of sp³-hybridized carbons (Fsp3) is 0.619. The van der Waals surface area contributed by atoms with Crippen LogP contribution < -0.4 is 0 Å². The second kappa shape index (κ2) is 12.6. The van der Waals surface area contributed by atoms with E-state index in [1.807, 2.05) is 13.0 Å². The summed E-state index contributed by atoms with van der Waals surface area (Å²) in [5.74, 6) is -1.90. The maximum atomic E-state index is 13.8. The predicted molar refractivity (Wildman–Crippen MR) is 102 cm³/mol. The average molecular weight is 382 g/mol. The Hall–Kier alpha value is -1.79. The minimum Gasteiger partial charge on any atom is -0.479 e. The highest BCUT2D eigenvalue weighted by Crippen LogP contribution is 2.33. The van der Waals surface area contributed by atoms with Crippen LogP contribution in [0.4, 0.5) is 4.39 Å². The summed E-state index contributed by atoms with van der Waals surface area (Å²) in [6, 6.07) is 0. The summed E-state index contributed by atoms with van der Waals surface area (Å²) in [7, 11) is 0. The van der Waals surface area contributed by atoms with Gasteiger partial charge in [0.25, 0.3) is 0 Å². The number of allylic oxidation sites excluding steroid dienone is 4. The molecule has 1 rings (SSSR count). The van der Waals surface area contributed by atoms with Gasteiger partial charge >= 0.3 is 5.97 Å². The highest BCUT2D eigenvalue weighted by Gasteiger charge is 2.32. The predicted octanol–water partition coefficient (Wildman–Crippen LogP) is 3.71. The summed E-state index contributed by atoms with van der Waals surface area (Å²) in [5, 5.41) is 27.7. The SMILES string of the molecule is CCCCC=C(F)[C@H](O)C=C[C@H]1CCC(=O)[C@@H]1CC=CCCC(O)C(=O)O. The van der Waals surface area contributed by atoms with Gasteiger partial charge in [-0.05, 0) is 50.5 Å². The average Bonchev–Trinajstić information content (AvgIpc) is 2.99. The quantitative estimate of drug-likeness (QED) is 0.353. The van der Waals surface area contributed by atoms with Gasteiger partial charge in [0.05, 0.1) is 0 Å². The number of unbranched alkanes of at least 4 members (excludes halogenated alkanes) is 2. The number of halogens is 1. The Kier molecular flexibility index (Phi) is 10.8. The third kappa shape index (κ3) is 8.63. The van der Waals surface area contributed by atoms with Crippen molar-refractivity contribution in [3.63, 3.8) is 0 Å². The summed E-state index contributed by atoms with van der Waals surface area (Å²) < 4.78 is 13.8. The van der Waals surface area contributed by atoms with Crippen molar-refractivity contribution < 1.29 is 29.3 Å². The van der Waals surface area contributed by atoms with E-state index in [4.69, 9.17) is 5.11 Å². The third-order valence-corrected chi connectivity index (χ3v) is 4.82. The van der Waals surface area contributed by atoms with Crippen molar-refractivity contribution in [3.8, 4) is 0 Å². The number of carbonyl (C=O) groups excluding carboxylic acids is 1. The van der Waals surface area contributed by atoms with Gasteiger partial charge in [-0.15, -0.1) is 0 Å². The molecule has 0 amide bonds. The molecule has 5 nitrogen and oxygen atoms in total. The number of Topliss-reactive ketones (excluding diaryl/α,β-unsaturated/α-hetero) is 1. The molecule has 0 radical (unpaired) electrons. The van der Waals surface area contributed by atoms with Gasteiger partial charge < -0.3 is 15.3 Å². The lowest BCUT2D eigenvalue weighted by atomic mass is 9.91. The highest BCUT2D eigenvalue weighted by molar-refractivity contribution is 5.83. The molecule has 0 aliphatic heterocycles. The molecule has 1 unspecified atom stereocenters. The molecule has 0 bridgehead atoms. The fourth-order valence-corrected chi connectivity index (χ4v) is 3.11. The number of hydrogen-bond donors (Lipinski definition) is 3. The lowest BCUT2D eigenvalue weighted by Crippen LogP contribution is -2.18. The molecule has 4 atom stereocenters. The Labute approximate surface area is 160 Å². The fourth-order valence-electron chi connectivity index (χ4n) is 3.11. The normalized spacial score (nSPS) is 23.4. The zero-order chi connectivity index (χ0) is 20.2. The summed E-state index contributed by atoms with van der Waals surface area (Å²) >= 11 is 0. The minimum absolute atomic E-state index is 0.0372. The molecule has 0 aromatic carbocycles. The van der Waals surface area contributed by atoms with Crippen molar-refractivity contribution >= 4 is 11.8 Å². The largest absolute Gasteiger partial charge is 0.479 e. The third-order valence-electron chi connectivity index (χ3n) is 4.82. The van der Waals surface area contributed by atoms with Crippen LogP contribution in [0, 0.1) is 11.8 Å². The standard InChI is InChI=1S/C21H31FO5/c1-2-3-5-9-17(22)19(24)14-12-15-11-13-18(23)16(15)8-6-4-7-10-20(25)21(26)27/h4,6,9,12,14-16,19-20,24-25H,2-3,5,7-8,10-11,13H2,1H3,(H,26,27)/t15-,16-,19-,20?/m1/s1. The molecule has 6 heteroatoms. The van der Waals surface area contributed by atoms with E-state index in [-0.39, 0.29) is 24.0 Å². The molecule has 3 N–H and O–H groups in total. The van der Waals surface area contributed by atoms with E-state index in [0.717, 1.165) is 12.8 Å². The second-order valence-corrected chi connectivity index (χ2v) is 6.97. The summed E-state index contributed by atoms with van der Waals surface area (Å²) in [6.45, 7) is 2.02. The molecule has 27 heavy (non-hydrogen) atoms. The van der Waals surface area contributed by atoms with Crippen LogP contribution in [0.25, 0.3) is 0 Å². The molecule has 152 valence electrons. The van der Waals surface area contributed by atoms with E-state index in [9.17, 15) is 24.2 Å². The summed E-state index contributed by atoms with van der Waals surface area (Å²) in [5.41, 5.74) is 0. The molecule has 1 aliphatic rings. The van der Waals surface area contributed by atoms with Crippen molar-refractivity contribution in [2.75, 3.05) is 0 Å². The van der Waals surface area contributed by atoms with Crippen LogP contribution in [0.1, 0.15) is 58.3 Å². The molecule has 0 heterocycles. The minimum atomic E-state index is -1.37. The maximum Gasteiger partial charge on any atom is 0.332 e. The Balaban J connectivity index is 2.51. The van der Waals surface area contributed by atoms with Crippen molar-refractivity contribution in [3.05, 3.63) is 36.2 Å². The van der Waals surface area contributed by atoms with E-state index in [1.54, 1.807) is 12.2 Å². The van der Waals surface area contributed by atoms with Crippen LogP contribution in [0.3, 0.4) is 0 Å². The summed E-state index contributed by atoms with van der Waals surface area (Å²) in [4.78, 5) is 22.6. The molecule has 1 aliphatic carbocycles. The van der Waals surface area contributed by atoms with Crippen LogP contribution in [0.2, 0.25) is 0 Å². The summed E-state index contributed by atoms with van der Waals surface area (Å²) in [6.07, 6.45) is 10.1. The number of carboxylic acids is 1.